The Morgan fingerprint density at radius 3 is 2.25 bits per heavy atom. The average Bonchev–Trinajstić information content (AvgIpc) is 3.05. The molecule has 6 heteroatoms. The minimum Gasteiger partial charge on any atom is -0.494 e. The third kappa shape index (κ3) is 3.15. The molecule has 0 bridgehead atoms. The molecular formula is C22H28N4O2. The largest absolute Gasteiger partial charge is 0.494 e. The van der Waals surface area contributed by atoms with Gasteiger partial charge in [0.1, 0.15) is 0 Å². The summed E-state index contributed by atoms with van der Waals surface area (Å²) in [5.74, 6) is 1.21. The van der Waals surface area contributed by atoms with E-state index in [-0.39, 0.29) is 16.9 Å². The molecule has 28 heavy (non-hydrogen) atoms. The molecule has 6 nitrogen and oxygen atoms in total. The third-order valence-electron chi connectivity index (χ3n) is 6.72. The summed E-state index contributed by atoms with van der Waals surface area (Å²) in [6.45, 7) is 0.705. The lowest BCUT2D eigenvalue weighted by atomic mass is 9.64. The molecule has 0 radical (unpaired) electrons. The quantitative estimate of drug-likeness (QED) is 0.815. The van der Waals surface area contributed by atoms with Crippen molar-refractivity contribution >= 4 is 11.9 Å². The van der Waals surface area contributed by atoms with Gasteiger partial charge < -0.3 is 4.74 Å². The molecule has 1 amide bonds. The summed E-state index contributed by atoms with van der Waals surface area (Å²) in [6.07, 6.45) is 7.97. The van der Waals surface area contributed by atoms with Crippen molar-refractivity contribution in [3.63, 3.8) is 0 Å². The van der Waals surface area contributed by atoms with Gasteiger partial charge in [-0.15, -0.1) is 0 Å². The van der Waals surface area contributed by atoms with Crippen LogP contribution in [0.15, 0.2) is 42.7 Å². The van der Waals surface area contributed by atoms with Gasteiger partial charge in [-0.25, -0.2) is 9.97 Å². The number of methoxy groups -OCH3 is 1. The Kier molecular flexibility index (Phi) is 4.83. The van der Waals surface area contributed by atoms with E-state index in [0.29, 0.717) is 24.7 Å². The SMILES string of the molecule is COc1cnc(N2C[C@]3(CC[C@@](c4ccccc4)(N(C)C)CC3)CC2=O)nc1. The second kappa shape index (κ2) is 7.17. The van der Waals surface area contributed by atoms with Crippen LogP contribution in [0.4, 0.5) is 5.95 Å². The van der Waals surface area contributed by atoms with Crippen LogP contribution in [0.1, 0.15) is 37.7 Å². The van der Waals surface area contributed by atoms with E-state index < -0.39 is 0 Å². The highest BCUT2D eigenvalue weighted by atomic mass is 16.5. The predicted octanol–water partition coefficient (Wildman–Crippen LogP) is 3.24. The summed E-state index contributed by atoms with van der Waals surface area (Å²) >= 11 is 0. The van der Waals surface area contributed by atoms with Gasteiger partial charge in [-0.1, -0.05) is 30.3 Å². The lowest BCUT2D eigenvalue weighted by molar-refractivity contribution is -0.118. The molecule has 2 heterocycles. The second-order valence-corrected chi connectivity index (χ2v) is 8.37. The first-order chi connectivity index (χ1) is 13.5. The first-order valence-corrected chi connectivity index (χ1v) is 9.87. The summed E-state index contributed by atoms with van der Waals surface area (Å²) in [5.41, 5.74) is 1.43. The van der Waals surface area contributed by atoms with Crippen molar-refractivity contribution in [2.75, 3.05) is 32.6 Å². The number of nitrogens with zero attached hydrogens (tertiary/aromatic N) is 4. The molecule has 4 rings (SSSR count). The molecule has 2 fully saturated rings. The Hall–Kier alpha value is -2.47. The lowest BCUT2D eigenvalue weighted by Gasteiger charge is -2.48. The average molecular weight is 380 g/mol. The van der Waals surface area contributed by atoms with Crippen molar-refractivity contribution in [3.05, 3.63) is 48.3 Å². The van der Waals surface area contributed by atoms with Crippen LogP contribution < -0.4 is 9.64 Å². The molecule has 1 saturated heterocycles. The number of amides is 1. The summed E-state index contributed by atoms with van der Waals surface area (Å²) in [6, 6.07) is 10.8. The Balaban J connectivity index is 1.53. The van der Waals surface area contributed by atoms with Crippen LogP contribution in [0.25, 0.3) is 0 Å². The van der Waals surface area contributed by atoms with Crippen molar-refractivity contribution in [1.82, 2.24) is 14.9 Å². The van der Waals surface area contributed by atoms with Crippen LogP contribution in [0, 0.1) is 5.41 Å². The van der Waals surface area contributed by atoms with Crippen LogP contribution in [0.5, 0.6) is 5.75 Å². The maximum absolute atomic E-state index is 12.8. The fraction of sp³-hybridized carbons (Fsp3) is 0.500. The third-order valence-corrected chi connectivity index (χ3v) is 6.72. The summed E-state index contributed by atoms with van der Waals surface area (Å²) < 4.78 is 5.12. The van der Waals surface area contributed by atoms with Gasteiger partial charge in [0, 0.05) is 18.5 Å². The molecular weight excluding hydrogens is 352 g/mol. The smallest absolute Gasteiger partial charge is 0.232 e. The summed E-state index contributed by atoms with van der Waals surface area (Å²) in [7, 11) is 5.92. The van der Waals surface area contributed by atoms with E-state index >= 15 is 0 Å². The van der Waals surface area contributed by atoms with Crippen LogP contribution >= 0.6 is 0 Å². The maximum Gasteiger partial charge on any atom is 0.232 e. The zero-order chi connectivity index (χ0) is 19.8. The molecule has 2 aliphatic rings. The Labute approximate surface area is 166 Å². The van der Waals surface area contributed by atoms with E-state index in [1.165, 1.54) is 5.56 Å². The number of hydrogen-bond donors (Lipinski definition) is 0. The highest BCUT2D eigenvalue weighted by Crippen LogP contribution is 2.52. The standard InChI is InChI=1S/C22H28N4O2/c1-25(2)22(17-7-5-4-6-8-17)11-9-21(10-12-22)13-19(27)26(16-21)20-23-14-18(28-3)15-24-20/h4-8,14-15H,9-13,16H2,1-3H3/t21-,22+. The molecule has 2 aromatic rings. The molecule has 1 saturated carbocycles. The van der Waals surface area contributed by atoms with Crippen molar-refractivity contribution in [2.45, 2.75) is 37.6 Å². The van der Waals surface area contributed by atoms with E-state index in [1.807, 2.05) is 0 Å². The number of anilines is 1. The maximum atomic E-state index is 12.8. The van der Waals surface area contributed by atoms with E-state index in [2.05, 4.69) is 59.3 Å². The van der Waals surface area contributed by atoms with Gasteiger partial charge in [0.2, 0.25) is 11.9 Å². The molecule has 0 atom stereocenters. The van der Waals surface area contributed by atoms with Gasteiger partial charge in [-0.2, -0.15) is 0 Å². The topological polar surface area (TPSA) is 58.6 Å². The van der Waals surface area contributed by atoms with E-state index in [0.717, 1.165) is 25.7 Å². The van der Waals surface area contributed by atoms with Gasteiger partial charge in [0.15, 0.2) is 5.75 Å². The number of carbonyl (C=O) groups is 1. The Morgan fingerprint density at radius 1 is 1.04 bits per heavy atom. The van der Waals surface area contributed by atoms with Gasteiger partial charge in [0.25, 0.3) is 0 Å². The van der Waals surface area contributed by atoms with E-state index in [9.17, 15) is 4.79 Å². The normalized spacial score (nSPS) is 27.6. The number of aromatic nitrogens is 2. The highest BCUT2D eigenvalue weighted by Gasteiger charge is 2.50. The molecule has 0 unspecified atom stereocenters. The van der Waals surface area contributed by atoms with Gasteiger partial charge >= 0.3 is 0 Å². The number of hydrogen-bond acceptors (Lipinski definition) is 5. The van der Waals surface area contributed by atoms with Crippen molar-refractivity contribution in [2.24, 2.45) is 5.41 Å². The van der Waals surface area contributed by atoms with Crippen LogP contribution in [-0.4, -0.2) is 48.5 Å². The minimum atomic E-state index is 0.0225. The minimum absolute atomic E-state index is 0.0225. The number of rotatable bonds is 4. The summed E-state index contributed by atoms with van der Waals surface area (Å²) in [5, 5.41) is 0. The zero-order valence-electron chi connectivity index (χ0n) is 16.9. The van der Waals surface area contributed by atoms with Crippen molar-refractivity contribution in [3.8, 4) is 5.75 Å². The van der Waals surface area contributed by atoms with Crippen LogP contribution in [-0.2, 0) is 10.3 Å². The fourth-order valence-electron chi connectivity index (χ4n) is 4.90. The second-order valence-electron chi connectivity index (χ2n) is 8.37. The Bertz CT molecular complexity index is 827. The highest BCUT2D eigenvalue weighted by molar-refractivity contribution is 5.94. The summed E-state index contributed by atoms with van der Waals surface area (Å²) in [4.78, 5) is 25.5. The van der Waals surface area contributed by atoms with Gasteiger partial charge in [-0.05, 0) is 50.8 Å². The van der Waals surface area contributed by atoms with Crippen LogP contribution in [0.3, 0.4) is 0 Å². The first-order valence-electron chi connectivity index (χ1n) is 9.87. The predicted molar refractivity (Wildman–Crippen MR) is 108 cm³/mol. The van der Waals surface area contributed by atoms with Crippen molar-refractivity contribution in [1.29, 1.82) is 0 Å². The molecule has 1 aromatic carbocycles. The van der Waals surface area contributed by atoms with Gasteiger partial charge in [0.05, 0.1) is 19.5 Å². The number of carbonyl (C=O) groups excluding carboxylic acids is 1. The molecule has 1 aromatic heterocycles. The molecule has 1 aliphatic carbocycles. The monoisotopic (exact) mass is 380 g/mol. The fourth-order valence-corrected chi connectivity index (χ4v) is 4.90. The number of benzene rings is 1. The van der Waals surface area contributed by atoms with Crippen LogP contribution in [0.2, 0.25) is 0 Å². The molecule has 148 valence electrons. The number of ether oxygens (including phenoxy) is 1. The molecule has 0 N–H and O–H groups in total. The van der Waals surface area contributed by atoms with E-state index in [1.54, 1.807) is 24.4 Å². The zero-order valence-corrected chi connectivity index (χ0v) is 16.9. The lowest BCUT2D eigenvalue weighted by Crippen LogP contribution is -2.47. The first kappa shape index (κ1) is 18.9. The molecule has 1 spiro atoms. The Morgan fingerprint density at radius 2 is 1.68 bits per heavy atom. The van der Waals surface area contributed by atoms with E-state index in [4.69, 9.17) is 4.74 Å². The van der Waals surface area contributed by atoms with Gasteiger partial charge in [-0.3, -0.25) is 14.6 Å². The van der Waals surface area contributed by atoms with Crippen molar-refractivity contribution < 1.29 is 9.53 Å². The molecule has 1 aliphatic heterocycles.